The molecule has 0 aromatic carbocycles. The van der Waals surface area contributed by atoms with E-state index in [9.17, 15) is 0 Å². The quantitative estimate of drug-likeness (QED) is 0.849. The number of piperazine rings is 1. The van der Waals surface area contributed by atoms with Crippen molar-refractivity contribution in [2.45, 2.75) is 65.1 Å². The van der Waals surface area contributed by atoms with Crippen LogP contribution in [-0.2, 0) is 6.54 Å². The van der Waals surface area contributed by atoms with Gasteiger partial charge in [-0.05, 0) is 47.6 Å². The molecular weight excluding hydrogens is 264 g/mol. The topological polar surface area (TPSA) is 15.3 Å². The highest BCUT2D eigenvalue weighted by atomic mass is 32.1. The largest absolute Gasteiger partial charge is 0.311 e. The van der Waals surface area contributed by atoms with Crippen LogP contribution in [0.15, 0.2) is 16.8 Å². The molecule has 0 radical (unpaired) electrons. The van der Waals surface area contributed by atoms with E-state index < -0.39 is 0 Å². The van der Waals surface area contributed by atoms with Crippen molar-refractivity contribution < 1.29 is 0 Å². The predicted octanol–water partition coefficient (Wildman–Crippen LogP) is 4.13. The van der Waals surface area contributed by atoms with Gasteiger partial charge in [-0.1, -0.05) is 27.7 Å². The van der Waals surface area contributed by atoms with Crippen LogP contribution in [0.1, 0.15) is 52.5 Å². The van der Waals surface area contributed by atoms with E-state index in [4.69, 9.17) is 0 Å². The minimum Gasteiger partial charge on any atom is -0.311 e. The zero-order valence-corrected chi connectivity index (χ0v) is 14.3. The van der Waals surface area contributed by atoms with Crippen LogP contribution in [-0.4, -0.2) is 29.6 Å². The Hall–Kier alpha value is -0.380. The van der Waals surface area contributed by atoms with Crippen LogP contribution in [0.3, 0.4) is 0 Å². The molecule has 1 aromatic heterocycles. The van der Waals surface area contributed by atoms with Gasteiger partial charge in [0.05, 0.1) is 0 Å². The molecule has 1 saturated heterocycles. The molecular formula is C17H30N2S. The average molecular weight is 295 g/mol. The molecule has 0 spiro atoms. The number of thiophene rings is 1. The maximum absolute atomic E-state index is 3.81. The summed E-state index contributed by atoms with van der Waals surface area (Å²) in [6.45, 7) is 12.8. The number of hydrogen-bond donors (Lipinski definition) is 1. The summed E-state index contributed by atoms with van der Waals surface area (Å²) in [4.78, 5) is 2.75. The Kier molecular flexibility index (Phi) is 5.65. The van der Waals surface area contributed by atoms with Crippen LogP contribution in [0.25, 0.3) is 0 Å². The summed E-state index contributed by atoms with van der Waals surface area (Å²) in [6.07, 6.45) is 3.74. The van der Waals surface area contributed by atoms with Crippen molar-refractivity contribution in [3.05, 3.63) is 22.4 Å². The maximum Gasteiger partial charge on any atom is 0.0333 e. The Labute approximate surface area is 128 Å². The van der Waals surface area contributed by atoms with Gasteiger partial charge in [0.25, 0.3) is 0 Å². The third-order valence-electron chi connectivity index (χ3n) is 4.86. The Bertz CT molecular complexity index is 382. The molecule has 3 heteroatoms. The average Bonchev–Trinajstić information content (AvgIpc) is 2.92. The molecule has 1 aliphatic rings. The number of rotatable bonds is 6. The van der Waals surface area contributed by atoms with Crippen LogP contribution in [0.4, 0.5) is 0 Å². The first-order valence-electron chi connectivity index (χ1n) is 8.09. The molecule has 2 rings (SSSR count). The van der Waals surface area contributed by atoms with Gasteiger partial charge in [0.2, 0.25) is 0 Å². The highest BCUT2D eigenvalue weighted by Gasteiger charge is 2.38. The highest BCUT2D eigenvalue weighted by molar-refractivity contribution is 7.07. The van der Waals surface area contributed by atoms with Gasteiger partial charge in [-0.25, -0.2) is 0 Å². The normalized spacial score (nSPS) is 23.4. The molecule has 20 heavy (non-hydrogen) atoms. The molecule has 1 aromatic rings. The molecule has 2 nitrogen and oxygen atoms in total. The first kappa shape index (κ1) is 16.0. The van der Waals surface area contributed by atoms with E-state index in [1.807, 2.05) is 11.3 Å². The van der Waals surface area contributed by atoms with E-state index in [0.717, 1.165) is 19.0 Å². The predicted molar refractivity (Wildman–Crippen MR) is 89.3 cm³/mol. The second-order valence-electron chi connectivity index (χ2n) is 6.65. The van der Waals surface area contributed by atoms with Gasteiger partial charge in [0.1, 0.15) is 0 Å². The van der Waals surface area contributed by atoms with Crippen molar-refractivity contribution in [3.63, 3.8) is 0 Å². The van der Waals surface area contributed by atoms with E-state index in [2.05, 4.69) is 54.7 Å². The Morgan fingerprint density at radius 3 is 2.70 bits per heavy atom. The van der Waals surface area contributed by atoms with E-state index in [0.29, 0.717) is 11.6 Å². The molecule has 1 unspecified atom stereocenters. The van der Waals surface area contributed by atoms with Crippen molar-refractivity contribution in [1.82, 2.24) is 10.2 Å². The first-order chi connectivity index (χ1) is 9.59. The van der Waals surface area contributed by atoms with E-state index >= 15 is 0 Å². The van der Waals surface area contributed by atoms with Gasteiger partial charge < -0.3 is 5.32 Å². The Balaban J connectivity index is 2.10. The molecule has 114 valence electrons. The standard InChI is InChI=1S/C17H30N2S/c1-5-17(6-2)13-18-16(9-14(3)4)11-19(17)10-15-7-8-20-12-15/h7-8,12,14,16,18H,5-6,9-11,13H2,1-4H3. The van der Waals surface area contributed by atoms with Crippen LogP contribution in [0.2, 0.25) is 0 Å². The lowest BCUT2D eigenvalue weighted by molar-refractivity contribution is 0.0207. The van der Waals surface area contributed by atoms with Crippen molar-refractivity contribution >= 4 is 11.3 Å². The summed E-state index contributed by atoms with van der Waals surface area (Å²) >= 11 is 1.81. The zero-order valence-electron chi connectivity index (χ0n) is 13.5. The van der Waals surface area contributed by atoms with Gasteiger partial charge >= 0.3 is 0 Å². The fourth-order valence-electron chi connectivity index (χ4n) is 3.48. The van der Waals surface area contributed by atoms with E-state index in [-0.39, 0.29) is 0 Å². The van der Waals surface area contributed by atoms with Gasteiger partial charge in [-0.2, -0.15) is 11.3 Å². The Morgan fingerprint density at radius 1 is 1.40 bits per heavy atom. The molecule has 2 heterocycles. The van der Waals surface area contributed by atoms with E-state index in [1.54, 1.807) is 0 Å². The summed E-state index contributed by atoms with van der Waals surface area (Å²) in [7, 11) is 0. The molecule has 0 saturated carbocycles. The lowest BCUT2D eigenvalue weighted by atomic mass is 9.85. The minimum atomic E-state index is 0.343. The minimum absolute atomic E-state index is 0.343. The molecule has 1 aliphatic heterocycles. The second kappa shape index (κ2) is 7.06. The molecule has 0 bridgehead atoms. The van der Waals surface area contributed by atoms with Crippen LogP contribution in [0.5, 0.6) is 0 Å². The first-order valence-corrected chi connectivity index (χ1v) is 9.03. The summed E-state index contributed by atoms with van der Waals surface area (Å²) in [5.41, 5.74) is 1.82. The van der Waals surface area contributed by atoms with Crippen molar-refractivity contribution in [2.24, 2.45) is 5.92 Å². The Morgan fingerprint density at radius 2 is 2.15 bits per heavy atom. The fourth-order valence-corrected chi connectivity index (χ4v) is 4.14. The van der Waals surface area contributed by atoms with Gasteiger partial charge in [0, 0.05) is 31.2 Å². The lowest BCUT2D eigenvalue weighted by Gasteiger charge is -2.50. The van der Waals surface area contributed by atoms with Crippen LogP contribution in [0, 0.1) is 5.92 Å². The SMILES string of the molecule is CCC1(CC)CNC(CC(C)C)CN1Cc1ccsc1. The lowest BCUT2D eigenvalue weighted by Crippen LogP contribution is -2.63. The van der Waals surface area contributed by atoms with Gasteiger partial charge in [-0.3, -0.25) is 4.90 Å². The molecule has 0 amide bonds. The smallest absolute Gasteiger partial charge is 0.0333 e. The van der Waals surface area contributed by atoms with Gasteiger partial charge in [-0.15, -0.1) is 0 Å². The fraction of sp³-hybridized carbons (Fsp3) is 0.765. The zero-order chi connectivity index (χ0) is 14.6. The second-order valence-corrected chi connectivity index (χ2v) is 7.43. The molecule has 1 atom stereocenters. The summed E-state index contributed by atoms with van der Waals surface area (Å²) in [5.74, 6) is 0.770. The highest BCUT2D eigenvalue weighted by Crippen LogP contribution is 2.30. The number of nitrogens with one attached hydrogen (secondary N) is 1. The number of nitrogens with zero attached hydrogens (tertiary/aromatic N) is 1. The van der Waals surface area contributed by atoms with Crippen LogP contribution < -0.4 is 5.32 Å². The molecule has 1 fully saturated rings. The van der Waals surface area contributed by atoms with Crippen LogP contribution >= 0.6 is 11.3 Å². The van der Waals surface area contributed by atoms with Crippen molar-refractivity contribution in [3.8, 4) is 0 Å². The maximum atomic E-state index is 3.81. The van der Waals surface area contributed by atoms with E-state index in [1.165, 1.54) is 31.4 Å². The van der Waals surface area contributed by atoms with Crippen molar-refractivity contribution in [1.29, 1.82) is 0 Å². The number of hydrogen-bond acceptors (Lipinski definition) is 3. The summed E-state index contributed by atoms with van der Waals surface area (Å²) < 4.78 is 0. The summed E-state index contributed by atoms with van der Waals surface area (Å²) in [6, 6.07) is 2.93. The van der Waals surface area contributed by atoms with Gasteiger partial charge in [0.15, 0.2) is 0 Å². The monoisotopic (exact) mass is 294 g/mol. The molecule has 0 aliphatic carbocycles. The molecule has 1 N–H and O–H groups in total. The third kappa shape index (κ3) is 3.63. The summed E-state index contributed by atoms with van der Waals surface area (Å²) in [5, 5.41) is 8.31. The van der Waals surface area contributed by atoms with Crippen molar-refractivity contribution in [2.75, 3.05) is 13.1 Å². The third-order valence-corrected chi connectivity index (χ3v) is 5.59.